The van der Waals surface area contributed by atoms with E-state index in [0.717, 1.165) is 31.4 Å². The summed E-state index contributed by atoms with van der Waals surface area (Å²) in [5.74, 6) is -2.30. The summed E-state index contributed by atoms with van der Waals surface area (Å²) in [5, 5.41) is 3.54. The van der Waals surface area contributed by atoms with E-state index < -0.39 is 11.6 Å². The molecular weight excluding hydrogens is 292 g/mol. The van der Waals surface area contributed by atoms with Crippen molar-refractivity contribution in [2.45, 2.75) is 24.8 Å². The normalized spacial score (nSPS) is 17.4. The molecule has 92 valence electrons. The molecule has 5 heteroatoms. The SMILES string of the molecule is O=C(NC1(CBr)CCC1)c1ccc(F)c(F)c1. The minimum atomic E-state index is -1.00. The summed E-state index contributed by atoms with van der Waals surface area (Å²) in [7, 11) is 0. The molecule has 0 atom stereocenters. The van der Waals surface area contributed by atoms with Crippen molar-refractivity contribution in [1.82, 2.24) is 5.32 Å². The first-order chi connectivity index (χ1) is 8.06. The number of amides is 1. The molecule has 0 saturated heterocycles. The van der Waals surface area contributed by atoms with Crippen LogP contribution in [0.1, 0.15) is 29.6 Å². The third-order valence-electron chi connectivity index (χ3n) is 3.13. The number of alkyl halides is 1. The average molecular weight is 304 g/mol. The molecule has 0 heterocycles. The van der Waals surface area contributed by atoms with Crippen LogP contribution in [0.4, 0.5) is 8.78 Å². The predicted molar refractivity (Wildman–Crippen MR) is 64.2 cm³/mol. The lowest BCUT2D eigenvalue weighted by molar-refractivity contribution is 0.0856. The first-order valence-corrected chi connectivity index (χ1v) is 6.52. The zero-order chi connectivity index (χ0) is 12.5. The Balaban J connectivity index is 2.11. The molecular formula is C12H12BrF2NO. The van der Waals surface area contributed by atoms with Crippen molar-refractivity contribution in [2.24, 2.45) is 0 Å². The second kappa shape index (κ2) is 4.72. The van der Waals surface area contributed by atoms with Crippen molar-refractivity contribution in [3.63, 3.8) is 0 Å². The minimum Gasteiger partial charge on any atom is -0.346 e. The summed E-state index contributed by atoms with van der Waals surface area (Å²) in [6.07, 6.45) is 2.89. The number of halogens is 3. The van der Waals surface area contributed by atoms with Crippen molar-refractivity contribution < 1.29 is 13.6 Å². The molecule has 0 radical (unpaired) electrons. The molecule has 0 spiro atoms. The van der Waals surface area contributed by atoms with E-state index in [2.05, 4.69) is 21.2 Å². The molecule has 1 N–H and O–H groups in total. The molecule has 2 nitrogen and oxygen atoms in total. The van der Waals surface area contributed by atoms with Crippen molar-refractivity contribution in [3.05, 3.63) is 35.4 Å². The standard InChI is InChI=1S/C12H12BrF2NO/c13-7-12(4-1-5-12)16-11(17)8-2-3-9(14)10(15)6-8/h2-3,6H,1,4-5,7H2,(H,16,17). The first kappa shape index (κ1) is 12.5. The molecule has 2 rings (SSSR count). The number of carbonyl (C=O) groups excluding carboxylic acids is 1. The smallest absolute Gasteiger partial charge is 0.251 e. The lowest BCUT2D eigenvalue weighted by atomic mass is 9.78. The number of hydrogen-bond acceptors (Lipinski definition) is 1. The molecule has 17 heavy (non-hydrogen) atoms. The van der Waals surface area contributed by atoms with Gasteiger partial charge in [-0.15, -0.1) is 0 Å². The van der Waals surface area contributed by atoms with E-state index in [4.69, 9.17) is 0 Å². The van der Waals surface area contributed by atoms with Crippen LogP contribution in [0.15, 0.2) is 18.2 Å². The van der Waals surface area contributed by atoms with Crippen molar-refractivity contribution >= 4 is 21.8 Å². The maximum atomic E-state index is 13.0. The molecule has 1 saturated carbocycles. The van der Waals surface area contributed by atoms with Crippen molar-refractivity contribution in [3.8, 4) is 0 Å². The van der Waals surface area contributed by atoms with Crippen LogP contribution in [0, 0.1) is 11.6 Å². The number of carbonyl (C=O) groups is 1. The molecule has 1 amide bonds. The second-order valence-corrected chi connectivity index (χ2v) is 4.91. The van der Waals surface area contributed by atoms with E-state index in [0.29, 0.717) is 5.33 Å². The summed E-state index contributed by atoms with van der Waals surface area (Å²) >= 11 is 3.36. The zero-order valence-electron chi connectivity index (χ0n) is 9.10. The summed E-state index contributed by atoms with van der Waals surface area (Å²) in [5.41, 5.74) is -0.0711. The van der Waals surface area contributed by atoms with Crippen molar-refractivity contribution in [2.75, 3.05) is 5.33 Å². The van der Waals surface area contributed by atoms with Gasteiger partial charge in [-0.1, -0.05) is 15.9 Å². The van der Waals surface area contributed by atoms with Gasteiger partial charge >= 0.3 is 0 Å². The summed E-state index contributed by atoms with van der Waals surface area (Å²) in [4.78, 5) is 11.9. The number of hydrogen-bond donors (Lipinski definition) is 1. The monoisotopic (exact) mass is 303 g/mol. The Bertz CT molecular complexity index is 441. The fraction of sp³-hybridized carbons (Fsp3) is 0.417. The molecule has 0 aromatic heterocycles. The Morgan fingerprint density at radius 1 is 1.35 bits per heavy atom. The Kier molecular flexibility index (Phi) is 3.47. The molecule has 1 aromatic carbocycles. The van der Waals surface area contributed by atoms with Crippen LogP contribution in [0.3, 0.4) is 0 Å². The van der Waals surface area contributed by atoms with Gasteiger partial charge in [0.15, 0.2) is 11.6 Å². The lowest BCUT2D eigenvalue weighted by Gasteiger charge is -2.41. The van der Waals surface area contributed by atoms with E-state index in [-0.39, 0.29) is 17.0 Å². The van der Waals surface area contributed by atoms with Crippen LogP contribution in [0.5, 0.6) is 0 Å². The van der Waals surface area contributed by atoms with Crippen LogP contribution in [0.2, 0.25) is 0 Å². The molecule has 0 aliphatic heterocycles. The topological polar surface area (TPSA) is 29.1 Å². The van der Waals surface area contributed by atoms with Crippen LogP contribution in [0.25, 0.3) is 0 Å². The predicted octanol–water partition coefficient (Wildman–Crippen LogP) is 3.01. The van der Waals surface area contributed by atoms with E-state index in [1.54, 1.807) is 0 Å². The van der Waals surface area contributed by atoms with E-state index in [1.165, 1.54) is 6.07 Å². The fourth-order valence-electron chi connectivity index (χ4n) is 1.85. The van der Waals surface area contributed by atoms with E-state index in [9.17, 15) is 13.6 Å². The molecule has 0 bridgehead atoms. The fourth-order valence-corrected chi connectivity index (χ4v) is 2.55. The van der Waals surface area contributed by atoms with Crippen LogP contribution < -0.4 is 5.32 Å². The minimum absolute atomic E-state index is 0.149. The Labute approximate surface area is 107 Å². The van der Waals surface area contributed by atoms with Crippen LogP contribution >= 0.6 is 15.9 Å². The maximum absolute atomic E-state index is 13.0. The Hall–Kier alpha value is -0.970. The quantitative estimate of drug-likeness (QED) is 0.855. The number of nitrogens with one attached hydrogen (secondary N) is 1. The van der Waals surface area contributed by atoms with Crippen molar-refractivity contribution in [1.29, 1.82) is 0 Å². The molecule has 1 aromatic rings. The highest BCUT2D eigenvalue weighted by Gasteiger charge is 2.37. The molecule has 1 aliphatic carbocycles. The number of benzene rings is 1. The van der Waals surface area contributed by atoms with Gasteiger partial charge in [-0.05, 0) is 37.5 Å². The second-order valence-electron chi connectivity index (χ2n) is 4.35. The van der Waals surface area contributed by atoms with Gasteiger partial charge in [-0.2, -0.15) is 0 Å². The van der Waals surface area contributed by atoms with Gasteiger partial charge in [0.1, 0.15) is 0 Å². The third-order valence-corrected chi connectivity index (χ3v) is 4.20. The molecule has 0 unspecified atom stereocenters. The lowest BCUT2D eigenvalue weighted by Crippen LogP contribution is -2.54. The van der Waals surface area contributed by atoms with Gasteiger partial charge in [-0.3, -0.25) is 4.79 Å². The molecule has 1 aliphatic rings. The van der Waals surface area contributed by atoms with Gasteiger partial charge < -0.3 is 5.32 Å². The first-order valence-electron chi connectivity index (χ1n) is 5.40. The summed E-state index contributed by atoms with van der Waals surface area (Å²) in [6.45, 7) is 0. The van der Waals surface area contributed by atoms with Gasteiger partial charge in [-0.25, -0.2) is 8.78 Å². The maximum Gasteiger partial charge on any atom is 0.251 e. The summed E-state index contributed by atoms with van der Waals surface area (Å²) in [6, 6.07) is 3.17. The highest BCUT2D eigenvalue weighted by Crippen LogP contribution is 2.33. The Morgan fingerprint density at radius 2 is 2.06 bits per heavy atom. The molecule has 1 fully saturated rings. The van der Waals surface area contributed by atoms with Gasteiger partial charge in [0.05, 0.1) is 5.54 Å². The zero-order valence-corrected chi connectivity index (χ0v) is 10.7. The highest BCUT2D eigenvalue weighted by molar-refractivity contribution is 9.09. The summed E-state index contributed by atoms with van der Waals surface area (Å²) < 4.78 is 25.7. The Morgan fingerprint density at radius 3 is 2.53 bits per heavy atom. The van der Waals surface area contributed by atoms with Crippen LogP contribution in [-0.4, -0.2) is 16.8 Å². The largest absolute Gasteiger partial charge is 0.346 e. The van der Waals surface area contributed by atoms with E-state index in [1.807, 2.05) is 0 Å². The van der Waals surface area contributed by atoms with Gasteiger partial charge in [0.2, 0.25) is 0 Å². The van der Waals surface area contributed by atoms with Crippen LogP contribution in [-0.2, 0) is 0 Å². The average Bonchev–Trinajstić information content (AvgIpc) is 2.27. The highest BCUT2D eigenvalue weighted by atomic mass is 79.9. The third kappa shape index (κ3) is 2.49. The van der Waals surface area contributed by atoms with E-state index >= 15 is 0 Å². The number of rotatable bonds is 3. The van der Waals surface area contributed by atoms with Gasteiger partial charge in [0, 0.05) is 10.9 Å². The van der Waals surface area contributed by atoms with Gasteiger partial charge in [0.25, 0.3) is 5.91 Å².